The van der Waals surface area contributed by atoms with Crippen LogP contribution in [-0.4, -0.2) is 23.8 Å². The van der Waals surface area contributed by atoms with E-state index >= 15 is 0 Å². The lowest BCUT2D eigenvalue weighted by molar-refractivity contribution is -0.0504. The monoisotopic (exact) mass is 227 g/mol. The van der Waals surface area contributed by atoms with Gasteiger partial charge in [0.25, 0.3) is 0 Å². The van der Waals surface area contributed by atoms with Crippen molar-refractivity contribution in [3.8, 4) is 0 Å². The minimum atomic E-state index is -0.369. The first kappa shape index (κ1) is 14.0. The second kappa shape index (κ2) is 7.29. The van der Waals surface area contributed by atoms with E-state index in [1.165, 1.54) is 32.1 Å². The van der Waals surface area contributed by atoms with E-state index in [0.29, 0.717) is 5.92 Å². The smallest absolute Gasteiger partial charge is 0.0699 e. The topological polar surface area (TPSA) is 32.3 Å². The summed E-state index contributed by atoms with van der Waals surface area (Å²) in [5.41, 5.74) is -0.369. The van der Waals surface area contributed by atoms with Crippen molar-refractivity contribution in [3.05, 3.63) is 0 Å². The Balaban J connectivity index is 2.25. The number of aliphatic hydroxyl groups is 1. The molecule has 0 radical (unpaired) electrons. The lowest BCUT2D eigenvalue weighted by atomic mass is 9.77. The molecule has 2 nitrogen and oxygen atoms in total. The van der Waals surface area contributed by atoms with Crippen molar-refractivity contribution in [2.45, 2.75) is 70.8 Å². The van der Waals surface area contributed by atoms with Crippen LogP contribution in [0.15, 0.2) is 0 Å². The third-order valence-electron chi connectivity index (χ3n) is 4.09. The Labute approximate surface area is 101 Å². The van der Waals surface area contributed by atoms with Crippen LogP contribution in [0, 0.1) is 5.92 Å². The molecule has 16 heavy (non-hydrogen) atoms. The molecule has 0 amide bonds. The lowest BCUT2D eigenvalue weighted by Gasteiger charge is -2.40. The van der Waals surface area contributed by atoms with E-state index < -0.39 is 0 Å². The van der Waals surface area contributed by atoms with Crippen LogP contribution in [0.25, 0.3) is 0 Å². The maximum absolute atomic E-state index is 10.6. The van der Waals surface area contributed by atoms with E-state index in [2.05, 4.69) is 19.2 Å². The lowest BCUT2D eigenvalue weighted by Crippen LogP contribution is -2.49. The van der Waals surface area contributed by atoms with E-state index in [9.17, 15) is 5.11 Å². The van der Waals surface area contributed by atoms with Gasteiger partial charge in [0.2, 0.25) is 0 Å². The number of piperidine rings is 1. The summed E-state index contributed by atoms with van der Waals surface area (Å²) in [7, 11) is 0. The molecule has 0 aromatic rings. The van der Waals surface area contributed by atoms with Gasteiger partial charge in [0.15, 0.2) is 0 Å². The molecule has 0 saturated carbocycles. The molecule has 2 unspecified atom stereocenters. The Morgan fingerprint density at radius 1 is 1.19 bits per heavy atom. The predicted octanol–water partition coefficient (Wildman–Crippen LogP) is 3.10. The molecule has 2 heteroatoms. The molecular weight excluding hydrogens is 198 g/mol. The van der Waals surface area contributed by atoms with E-state index in [-0.39, 0.29) is 5.60 Å². The third-order valence-corrected chi connectivity index (χ3v) is 4.09. The van der Waals surface area contributed by atoms with Crippen LogP contribution in [0.3, 0.4) is 0 Å². The second-order valence-electron chi connectivity index (χ2n) is 5.33. The van der Waals surface area contributed by atoms with Gasteiger partial charge in [0.05, 0.1) is 5.60 Å². The fourth-order valence-corrected chi connectivity index (χ4v) is 2.86. The molecule has 0 spiro atoms. The van der Waals surface area contributed by atoms with Gasteiger partial charge in [-0.05, 0) is 31.7 Å². The van der Waals surface area contributed by atoms with Crippen LogP contribution in [-0.2, 0) is 0 Å². The van der Waals surface area contributed by atoms with Crippen LogP contribution < -0.4 is 5.32 Å². The summed E-state index contributed by atoms with van der Waals surface area (Å²) >= 11 is 0. The van der Waals surface area contributed by atoms with Crippen molar-refractivity contribution in [2.75, 3.05) is 13.1 Å². The molecule has 0 aliphatic carbocycles. The summed E-state index contributed by atoms with van der Waals surface area (Å²) in [4.78, 5) is 0. The first-order valence-corrected chi connectivity index (χ1v) is 7.16. The fourth-order valence-electron chi connectivity index (χ4n) is 2.86. The van der Waals surface area contributed by atoms with Gasteiger partial charge in [-0.1, -0.05) is 46.0 Å². The highest BCUT2D eigenvalue weighted by Crippen LogP contribution is 2.32. The zero-order chi connectivity index (χ0) is 11.9. The van der Waals surface area contributed by atoms with Crippen molar-refractivity contribution in [1.29, 1.82) is 0 Å². The zero-order valence-corrected chi connectivity index (χ0v) is 11.1. The van der Waals surface area contributed by atoms with E-state index in [1.54, 1.807) is 0 Å². The number of hydrogen-bond donors (Lipinski definition) is 2. The Hall–Kier alpha value is -0.0800. The van der Waals surface area contributed by atoms with Crippen LogP contribution in [0.1, 0.15) is 65.2 Å². The number of unbranched alkanes of at least 4 members (excludes halogenated alkanes) is 4. The van der Waals surface area contributed by atoms with Crippen LogP contribution in [0.5, 0.6) is 0 Å². The first-order chi connectivity index (χ1) is 7.73. The quantitative estimate of drug-likeness (QED) is 0.655. The minimum absolute atomic E-state index is 0.369. The molecule has 1 fully saturated rings. The van der Waals surface area contributed by atoms with Crippen molar-refractivity contribution < 1.29 is 5.11 Å². The summed E-state index contributed by atoms with van der Waals surface area (Å²) in [5, 5.41) is 14.0. The van der Waals surface area contributed by atoms with Crippen molar-refractivity contribution >= 4 is 0 Å². The average Bonchev–Trinajstić information content (AvgIpc) is 2.29. The molecule has 0 bridgehead atoms. The normalized spacial score (nSPS) is 30.6. The molecule has 1 saturated heterocycles. The van der Waals surface area contributed by atoms with Crippen molar-refractivity contribution in [3.63, 3.8) is 0 Å². The van der Waals surface area contributed by atoms with Gasteiger partial charge in [-0.15, -0.1) is 0 Å². The number of nitrogens with one attached hydrogen (secondary N) is 1. The largest absolute Gasteiger partial charge is 0.390 e. The first-order valence-electron chi connectivity index (χ1n) is 7.16. The maximum Gasteiger partial charge on any atom is 0.0699 e. The second-order valence-corrected chi connectivity index (χ2v) is 5.33. The van der Waals surface area contributed by atoms with Gasteiger partial charge >= 0.3 is 0 Å². The molecular formula is C14H29NO. The standard InChI is InChI=1S/C14H29NO/c1-3-5-6-7-8-9-14(16)10-11-15-12-13(14)4-2/h13,15-16H,3-12H2,1-2H3. The van der Waals surface area contributed by atoms with Gasteiger partial charge in [-0.2, -0.15) is 0 Å². The van der Waals surface area contributed by atoms with Crippen LogP contribution in [0.2, 0.25) is 0 Å². The Morgan fingerprint density at radius 3 is 2.62 bits per heavy atom. The third kappa shape index (κ3) is 4.06. The number of rotatable bonds is 7. The molecule has 2 atom stereocenters. The van der Waals surface area contributed by atoms with Crippen molar-refractivity contribution in [2.24, 2.45) is 5.92 Å². The van der Waals surface area contributed by atoms with Gasteiger partial charge < -0.3 is 10.4 Å². The highest BCUT2D eigenvalue weighted by molar-refractivity contribution is 4.91. The molecule has 0 aromatic heterocycles. The summed E-state index contributed by atoms with van der Waals surface area (Å²) in [6, 6.07) is 0. The van der Waals surface area contributed by atoms with E-state index in [1.807, 2.05) is 0 Å². The van der Waals surface area contributed by atoms with E-state index in [4.69, 9.17) is 0 Å². The van der Waals surface area contributed by atoms with Gasteiger partial charge in [-0.25, -0.2) is 0 Å². The summed E-state index contributed by atoms with van der Waals surface area (Å²) in [6.07, 6.45) is 9.52. The summed E-state index contributed by atoms with van der Waals surface area (Å²) < 4.78 is 0. The number of hydrogen-bond acceptors (Lipinski definition) is 2. The molecule has 0 aromatic carbocycles. The van der Waals surface area contributed by atoms with Crippen LogP contribution in [0.4, 0.5) is 0 Å². The predicted molar refractivity (Wildman–Crippen MR) is 69.6 cm³/mol. The van der Waals surface area contributed by atoms with Crippen LogP contribution >= 0.6 is 0 Å². The molecule has 1 heterocycles. The molecule has 2 N–H and O–H groups in total. The maximum atomic E-state index is 10.6. The Bertz CT molecular complexity index is 184. The fraction of sp³-hybridized carbons (Fsp3) is 1.00. The Morgan fingerprint density at radius 2 is 1.94 bits per heavy atom. The summed E-state index contributed by atoms with van der Waals surface area (Å²) in [5.74, 6) is 0.465. The highest BCUT2D eigenvalue weighted by Gasteiger charge is 2.36. The average molecular weight is 227 g/mol. The van der Waals surface area contributed by atoms with Gasteiger partial charge in [-0.3, -0.25) is 0 Å². The zero-order valence-electron chi connectivity index (χ0n) is 11.1. The molecule has 96 valence electrons. The van der Waals surface area contributed by atoms with Gasteiger partial charge in [0, 0.05) is 6.54 Å². The molecule has 1 aliphatic rings. The van der Waals surface area contributed by atoms with Gasteiger partial charge in [0.1, 0.15) is 0 Å². The molecule has 1 rings (SSSR count). The molecule has 1 aliphatic heterocycles. The van der Waals surface area contributed by atoms with Crippen molar-refractivity contribution in [1.82, 2.24) is 5.32 Å². The summed E-state index contributed by atoms with van der Waals surface area (Å²) in [6.45, 7) is 6.43. The minimum Gasteiger partial charge on any atom is -0.390 e. The Kier molecular flexibility index (Phi) is 6.37. The highest BCUT2D eigenvalue weighted by atomic mass is 16.3. The van der Waals surface area contributed by atoms with E-state index in [0.717, 1.165) is 32.4 Å². The SMILES string of the molecule is CCCCCCCC1(O)CCNCC1CC.